The molecule has 25 heavy (non-hydrogen) atoms. The summed E-state index contributed by atoms with van der Waals surface area (Å²) in [6.07, 6.45) is 2.67. The predicted octanol–water partition coefficient (Wildman–Crippen LogP) is 2.71. The summed E-state index contributed by atoms with van der Waals surface area (Å²) in [7, 11) is 3.57. The topological polar surface area (TPSA) is 52.7 Å². The molecule has 2 rings (SSSR count). The molecule has 6 heteroatoms. The lowest BCUT2D eigenvalue weighted by Crippen LogP contribution is -2.46. The maximum Gasteiger partial charge on any atom is 0.234 e. The number of likely N-dealkylation sites (tertiary alicyclic amines) is 1. The van der Waals surface area contributed by atoms with Crippen molar-refractivity contribution in [2.45, 2.75) is 32.2 Å². The van der Waals surface area contributed by atoms with Gasteiger partial charge >= 0.3 is 0 Å². The molecule has 1 saturated heterocycles. The number of benzene rings is 1. The number of carbonyl (C=O) groups excluding carboxylic acids is 2. The van der Waals surface area contributed by atoms with E-state index in [1.165, 1.54) is 0 Å². The van der Waals surface area contributed by atoms with Crippen LogP contribution in [0, 0.1) is 5.92 Å². The number of piperidine rings is 1. The van der Waals surface area contributed by atoms with Gasteiger partial charge in [-0.05, 0) is 43.5 Å². The molecule has 2 atom stereocenters. The lowest BCUT2D eigenvalue weighted by atomic mass is 9.96. The van der Waals surface area contributed by atoms with E-state index in [1.54, 1.807) is 19.0 Å². The van der Waals surface area contributed by atoms with Crippen LogP contribution in [0.3, 0.4) is 0 Å². The maximum atomic E-state index is 12.5. The van der Waals surface area contributed by atoms with Gasteiger partial charge in [-0.1, -0.05) is 30.7 Å². The average molecular weight is 366 g/mol. The Kier molecular flexibility index (Phi) is 7.26. The van der Waals surface area contributed by atoms with Gasteiger partial charge in [-0.3, -0.25) is 14.5 Å². The fraction of sp³-hybridized carbons (Fsp3) is 0.579. The molecular formula is C19H28ClN3O2. The lowest BCUT2D eigenvalue weighted by Gasteiger charge is -2.33. The first-order valence-corrected chi connectivity index (χ1v) is 9.26. The van der Waals surface area contributed by atoms with Crippen LogP contribution in [0.1, 0.15) is 37.8 Å². The highest BCUT2D eigenvalue weighted by Crippen LogP contribution is 2.20. The number of carbonyl (C=O) groups is 2. The number of nitrogens with one attached hydrogen (secondary N) is 1. The van der Waals surface area contributed by atoms with Gasteiger partial charge in [0.1, 0.15) is 0 Å². The molecule has 138 valence electrons. The van der Waals surface area contributed by atoms with Crippen molar-refractivity contribution in [1.29, 1.82) is 0 Å². The van der Waals surface area contributed by atoms with Gasteiger partial charge in [-0.25, -0.2) is 0 Å². The van der Waals surface area contributed by atoms with E-state index in [0.717, 1.165) is 31.4 Å². The molecule has 0 radical (unpaired) electrons. The maximum absolute atomic E-state index is 12.5. The Labute approximate surface area is 155 Å². The van der Waals surface area contributed by atoms with Crippen LogP contribution in [0.4, 0.5) is 0 Å². The Hall–Kier alpha value is -1.59. The standard InChI is InChI=1S/C19H28ClN3O2/c1-4-17(14-7-9-16(20)10-8-14)21-18(24)13-23-11-5-6-15(12-23)19(25)22(2)3/h7-10,15,17H,4-6,11-13H2,1-3H3,(H,21,24). The Morgan fingerprint density at radius 3 is 2.60 bits per heavy atom. The van der Waals surface area contributed by atoms with Crippen LogP contribution in [0.5, 0.6) is 0 Å². The molecule has 0 bridgehead atoms. The number of amides is 2. The molecule has 1 heterocycles. The number of hydrogen-bond donors (Lipinski definition) is 1. The molecule has 2 amide bonds. The first kappa shape index (κ1) is 19.7. The van der Waals surface area contributed by atoms with E-state index >= 15 is 0 Å². The SMILES string of the molecule is CCC(NC(=O)CN1CCCC(C(=O)N(C)C)C1)c1ccc(Cl)cc1. The minimum Gasteiger partial charge on any atom is -0.349 e. The summed E-state index contributed by atoms with van der Waals surface area (Å²) in [6, 6.07) is 7.56. The zero-order chi connectivity index (χ0) is 18.4. The van der Waals surface area contributed by atoms with Crippen LogP contribution in [0.15, 0.2) is 24.3 Å². The van der Waals surface area contributed by atoms with Crippen LogP contribution in [0.2, 0.25) is 5.02 Å². The first-order valence-electron chi connectivity index (χ1n) is 8.89. The van der Waals surface area contributed by atoms with E-state index in [-0.39, 0.29) is 23.8 Å². The molecule has 1 fully saturated rings. The van der Waals surface area contributed by atoms with Crippen molar-refractivity contribution in [2.24, 2.45) is 5.92 Å². The minimum absolute atomic E-state index is 0.000230. The second-order valence-corrected chi connectivity index (χ2v) is 7.32. The third-order valence-corrected chi connectivity index (χ3v) is 4.93. The van der Waals surface area contributed by atoms with E-state index in [9.17, 15) is 9.59 Å². The molecule has 1 aromatic carbocycles. The molecule has 1 aliphatic rings. The smallest absolute Gasteiger partial charge is 0.234 e. The molecule has 2 unspecified atom stereocenters. The van der Waals surface area contributed by atoms with Gasteiger partial charge in [-0.2, -0.15) is 0 Å². The van der Waals surface area contributed by atoms with Crippen molar-refractivity contribution in [2.75, 3.05) is 33.7 Å². The van der Waals surface area contributed by atoms with Crippen molar-refractivity contribution >= 4 is 23.4 Å². The summed E-state index contributed by atoms with van der Waals surface area (Å²) in [6.45, 7) is 3.90. The highest BCUT2D eigenvalue weighted by molar-refractivity contribution is 6.30. The molecule has 5 nitrogen and oxygen atoms in total. The number of rotatable bonds is 6. The van der Waals surface area contributed by atoms with E-state index in [4.69, 9.17) is 11.6 Å². The van der Waals surface area contributed by atoms with Gasteiger partial charge in [0.2, 0.25) is 11.8 Å². The molecule has 1 N–H and O–H groups in total. The highest BCUT2D eigenvalue weighted by atomic mass is 35.5. The van der Waals surface area contributed by atoms with Gasteiger partial charge in [0.25, 0.3) is 0 Å². The van der Waals surface area contributed by atoms with Crippen LogP contribution in [-0.2, 0) is 9.59 Å². The van der Waals surface area contributed by atoms with Crippen LogP contribution >= 0.6 is 11.6 Å². The molecule has 1 aliphatic heterocycles. The number of hydrogen-bond acceptors (Lipinski definition) is 3. The number of halogens is 1. The molecular weight excluding hydrogens is 338 g/mol. The second-order valence-electron chi connectivity index (χ2n) is 6.89. The third-order valence-electron chi connectivity index (χ3n) is 4.68. The van der Waals surface area contributed by atoms with Crippen LogP contribution < -0.4 is 5.32 Å². The quantitative estimate of drug-likeness (QED) is 0.843. The summed E-state index contributed by atoms with van der Waals surface area (Å²) in [5.74, 6) is 0.146. The van der Waals surface area contributed by atoms with E-state index in [1.807, 2.05) is 31.2 Å². The van der Waals surface area contributed by atoms with Crippen molar-refractivity contribution in [3.63, 3.8) is 0 Å². The summed E-state index contributed by atoms with van der Waals surface area (Å²) < 4.78 is 0. The number of nitrogens with zero attached hydrogens (tertiary/aromatic N) is 2. The lowest BCUT2D eigenvalue weighted by molar-refractivity contribution is -0.135. The third kappa shape index (κ3) is 5.72. The van der Waals surface area contributed by atoms with E-state index < -0.39 is 0 Å². The summed E-state index contributed by atoms with van der Waals surface area (Å²) >= 11 is 5.93. The zero-order valence-electron chi connectivity index (χ0n) is 15.3. The molecule has 1 aromatic rings. The van der Waals surface area contributed by atoms with Gasteiger partial charge in [0.05, 0.1) is 18.5 Å². The van der Waals surface area contributed by atoms with Gasteiger partial charge in [0, 0.05) is 25.7 Å². The highest BCUT2D eigenvalue weighted by Gasteiger charge is 2.28. The Morgan fingerprint density at radius 2 is 2.00 bits per heavy atom. The fourth-order valence-corrected chi connectivity index (χ4v) is 3.45. The van der Waals surface area contributed by atoms with E-state index in [2.05, 4.69) is 10.2 Å². The van der Waals surface area contributed by atoms with E-state index in [0.29, 0.717) is 18.1 Å². The van der Waals surface area contributed by atoms with Crippen LogP contribution in [-0.4, -0.2) is 55.3 Å². The average Bonchev–Trinajstić information content (AvgIpc) is 2.60. The summed E-state index contributed by atoms with van der Waals surface area (Å²) in [4.78, 5) is 28.3. The Morgan fingerprint density at radius 1 is 1.32 bits per heavy atom. The van der Waals surface area contributed by atoms with Crippen molar-refractivity contribution in [3.05, 3.63) is 34.9 Å². The van der Waals surface area contributed by atoms with Crippen LogP contribution in [0.25, 0.3) is 0 Å². The summed E-state index contributed by atoms with van der Waals surface area (Å²) in [5.41, 5.74) is 1.06. The molecule has 0 aromatic heterocycles. The van der Waals surface area contributed by atoms with Gasteiger partial charge in [-0.15, -0.1) is 0 Å². The molecule has 0 saturated carbocycles. The fourth-order valence-electron chi connectivity index (χ4n) is 3.33. The minimum atomic E-state index is -0.0197. The van der Waals surface area contributed by atoms with Crippen molar-refractivity contribution in [1.82, 2.24) is 15.1 Å². The van der Waals surface area contributed by atoms with Crippen molar-refractivity contribution in [3.8, 4) is 0 Å². The predicted molar refractivity (Wildman–Crippen MR) is 100 cm³/mol. The Bertz CT molecular complexity index is 589. The zero-order valence-corrected chi connectivity index (χ0v) is 16.1. The monoisotopic (exact) mass is 365 g/mol. The molecule has 0 spiro atoms. The second kappa shape index (κ2) is 9.20. The normalized spacial score (nSPS) is 19.3. The van der Waals surface area contributed by atoms with Gasteiger partial charge < -0.3 is 10.2 Å². The largest absolute Gasteiger partial charge is 0.349 e. The van der Waals surface area contributed by atoms with Crippen molar-refractivity contribution < 1.29 is 9.59 Å². The Balaban J connectivity index is 1.90. The summed E-state index contributed by atoms with van der Waals surface area (Å²) in [5, 5.41) is 3.79. The molecule has 0 aliphatic carbocycles. The van der Waals surface area contributed by atoms with Gasteiger partial charge in [0.15, 0.2) is 0 Å². The first-order chi connectivity index (χ1) is 11.9.